The zero-order chi connectivity index (χ0) is 11.0. The van der Waals surface area contributed by atoms with Crippen molar-refractivity contribution in [2.45, 2.75) is 6.10 Å². The van der Waals surface area contributed by atoms with E-state index in [1.54, 1.807) is 0 Å². The van der Waals surface area contributed by atoms with E-state index in [0.717, 1.165) is 25.3 Å². The van der Waals surface area contributed by atoms with Crippen LogP contribution in [0.15, 0.2) is 30.3 Å². The normalized spacial score (nSPS) is 32.6. The first-order chi connectivity index (χ1) is 7.86. The standard InChI is InChI=1S/C13H15NO2/c15-12(9-4-2-1-3-5-9)13-11-7-14-6-10(11)8-16-13/h1-5,10-11,13-14H,6-8H2. The van der Waals surface area contributed by atoms with E-state index < -0.39 is 0 Å². The molecule has 0 amide bonds. The molecular weight excluding hydrogens is 202 g/mol. The van der Waals surface area contributed by atoms with Gasteiger partial charge in [0.05, 0.1) is 6.61 Å². The Morgan fingerprint density at radius 2 is 2.06 bits per heavy atom. The van der Waals surface area contributed by atoms with Gasteiger partial charge in [0, 0.05) is 30.5 Å². The molecule has 0 aromatic heterocycles. The quantitative estimate of drug-likeness (QED) is 0.754. The fourth-order valence-electron chi connectivity index (χ4n) is 2.68. The third kappa shape index (κ3) is 1.56. The van der Waals surface area contributed by atoms with E-state index in [9.17, 15) is 4.79 Å². The number of carbonyl (C=O) groups is 1. The van der Waals surface area contributed by atoms with Gasteiger partial charge in [-0.05, 0) is 0 Å². The Kier molecular flexibility index (Phi) is 2.50. The molecule has 0 saturated carbocycles. The molecular formula is C13H15NO2. The first kappa shape index (κ1) is 10.00. The SMILES string of the molecule is O=C(c1ccccc1)C1OCC2CNCC21. The number of carbonyl (C=O) groups excluding carboxylic acids is 1. The largest absolute Gasteiger partial charge is 0.369 e. The van der Waals surface area contributed by atoms with E-state index >= 15 is 0 Å². The first-order valence-electron chi connectivity index (χ1n) is 5.78. The molecule has 1 N–H and O–H groups in total. The van der Waals surface area contributed by atoms with E-state index in [-0.39, 0.29) is 11.9 Å². The van der Waals surface area contributed by atoms with Gasteiger partial charge in [-0.3, -0.25) is 4.79 Å². The Morgan fingerprint density at radius 1 is 1.25 bits per heavy atom. The van der Waals surface area contributed by atoms with E-state index in [2.05, 4.69) is 5.32 Å². The van der Waals surface area contributed by atoms with Gasteiger partial charge in [-0.25, -0.2) is 0 Å². The van der Waals surface area contributed by atoms with Crippen LogP contribution in [0.5, 0.6) is 0 Å². The molecule has 1 aromatic carbocycles. The molecule has 0 radical (unpaired) electrons. The molecule has 3 nitrogen and oxygen atoms in total. The van der Waals surface area contributed by atoms with Crippen molar-refractivity contribution in [3.8, 4) is 0 Å². The molecule has 3 rings (SSSR count). The van der Waals surface area contributed by atoms with Crippen molar-refractivity contribution < 1.29 is 9.53 Å². The van der Waals surface area contributed by atoms with E-state index in [0.29, 0.717) is 11.8 Å². The molecule has 0 bridgehead atoms. The van der Waals surface area contributed by atoms with E-state index in [4.69, 9.17) is 4.74 Å². The van der Waals surface area contributed by atoms with Crippen LogP contribution in [0, 0.1) is 11.8 Å². The monoisotopic (exact) mass is 217 g/mol. The average molecular weight is 217 g/mol. The second-order valence-corrected chi connectivity index (χ2v) is 4.57. The summed E-state index contributed by atoms with van der Waals surface area (Å²) in [6, 6.07) is 9.44. The van der Waals surface area contributed by atoms with Crippen LogP contribution in [0.2, 0.25) is 0 Å². The molecule has 3 unspecified atom stereocenters. The summed E-state index contributed by atoms with van der Waals surface area (Å²) in [5.41, 5.74) is 0.764. The van der Waals surface area contributed by atoms with Crippen molar-refractivity contribution in [1.82, 2.24) is 5.32 Å². The number of Topliss-reactive ketones (excluding diaryl/α,β-unsaturated/α-hetero) is 1. The van der Waals surface area contributed by atoms with Gasteiger partial charge in [-0.15, -0.1) is 0 Å². The second kappa shape index (κ2) is 4.00. The van der Waals surface area contributed by atoms with Crippen LogP contribution < -0.4 is 5.32 Å². The van der Waals surface area contributed by atoms with Gasteiger partial charge >= 0.3 is 0 Å². The molecule has 16 heavy (non-hydrogen) atoms. The van der Waals surface area contributed by atoms with Crippen LogP contribution >= 0.6 is 0 Å². The van der Waals surface area contributed by atoms with Gasteiger partial charge in [0.25, 0.3) is 0 Å². The molecule has 2 fully saturated rings. The van der Waals surface area contributed by atoms with Gasteiger partial charge in [-0.2, -0.15) is 0 Å². The third-order valence-corrected chi connectivity index (χ3v) is 3.59. The molecule has 3 heteroatoms. The van der Waals surface area contributed by atoms with E-state index in [1.807, 2.05) is 30.3 Å². The maximum absolute atomic E-state index is 12.2. The predicted octanol–water partition coefficient (Wildman–Crippen LogP) is 1.10. The molecule has 3 atom stereocenters. The minimum atomic E-state index is -0.234. The maximum atomic E-state index is 12.2. The lowest BCUT2D eigenvalue weighted by molar-refractivity contribution is 0.0559. The smallest absolute Gasteiger partial charge is 0.191 e. The zero-order valence-electron chi connectivity index (χ0n) is 9.06. The molecule has 0 aliphatic carbocycles. The maximum Gasteiger partial charge on any atom is 0.191 e. The minimum Gasteiger partial charge on any atom is -0.369 e. The fraction of sp³-hybridized carbons (Fsp3) is 0.462. The highest BCUT2D eigenvalue weighted by molar-refractivity contribution is 5.99. The molecule has 2 aliphatic heterocycles. The van der Waals surface area contributed by atoms with Crippen LogP contribution in [0.3, 0.4) is 0 Å². The van der Waals surface area contributed by atoms with Crippen molar-refractivity contribution >= 4 is 5.78 Å². The Morgan fingerprint density at radius 3 is 2.88 bits per heavy atom. The zero-order valence-corrected chi connectivity index (χ0v) is 9.06. The van der Waals surface area contributed by atoms with Crippen molar-refractivity contribution in [2.75, 3.05) is 19.7 Å². The number of fused-ring (bicyclic) bond motifs is 1. The predicted molar refractivity (Wildman–Crippen MR) is 60.4 cm³/mol. The lowest BCUT2D eigenvalue weighted by Gasteiger charge is -2.15. The van der Waals surface area contributed by atoms with Crippen molar-refractivity contribution in [3.05, 3.63) is 35.9 Å². The molecule has 2 heterocycles. The van der Waals surface area contributed by atoms with Crippen molar-refractivity contribution in [2.24, 2.45) is 11.8 Å². The summed E-state index contributed by atoms with van der Waals surface area (Å²) >= 11 is 0. The molecule has 84 valence electrons. The van der Waals surface area contributed by atoms with Gasteiger partial charge in [0.15, 0.2) is 5.78 Å². The molecule has 0 spiro atoms. The lowest BCUT2D eigenvalue weighted by atomic mass is 9.90. The molecule has 1 aromatic rings. The highest BCUT2D eigenvalue weighted by atomic mass is 16.5. The van der Waals surface area contributed by atoms with Gasteiger partial charge in [0.2, 0.25) is 0 Å². The third-order valence-electron chi connectivity index (χ3n) is 3.59. The van der Waals surface area contributed by atoms with Crippen LogP contribution in [0.25, 0.3) is 0 Å². The summed E-state index contributed by atoms with van der Waals surface area (Å²) in [7, 11) is 0. The number of nitrogens with one attached hydrogen (secondary N) is 1. The Balaban J connectivity index is 1.81. The Bertz CT molecular complexity index is 390. The first-order valence-corrected chi connectivity index (χ1v) is 5.78. The van der Waals surface area contributed by atoms with Crippen LogP contribution in [0.4, 0.5) is 0 Å². The van der Waals surface area contributed by atoms with Crippen LogP contribution in [-0.4, -0.2) is 31.6 Å². The van der Waals surface area contributed by atoms with Gasteiger partial charge in [-0.1, -0.05) is 30.3 Å². The topological polar surface area (TPSA) is 38.3 Å². The van der Waals surface area contributed by atoms with E-state index in [1.165, 1.54) is 0 Å². The highest BCUT2D eigenvalue weighted by Crippen LogP contribution is 2.31. The fourth-order valence-corrected chi connectivity index (χ4v) is 2.68. The van der Waals surface area contributed by atoms with Gasteiger partial charge in [0.1, 0.15) is 6.10 Å². The number of hydrogen-bond donors (Lipinski definition) is 1. The summed E-state index contributed by atoms with van der Waals surface area (Å²) in [5, 5.41) is 3.33. The molecule has 2 aliphatic rings. The van der Waals surface area contributed by atoms with Crippen molar-refractivity contribution in [3.63, 3.8) is 0 Å². The van der Waals surface area contributed by atoms with Gasteiger partial charge < -0.3 is 10.1 Å². The van der Waals surface area contributed by atoms with Crippen LogP contribution in [-0.2, 0) is 4.74 Å². The minimum absolute atomic E-state index is 0.136. The summed E-state index contributed by atoms with van der Waals surface area (Å²) in [4.78, 5) is 12.2. The second-order valence-electron chi connectivity index (χ2n) is 4.57. The number of rotatable bonds is 2. The van der Waals surface area contributed by atoms with Crippen molar-refractivity contribution in [1.29, 1.82) is 0 Å². The Hall–Kier alpha value is -1.19. The lowest BCUT2D eigenvalue weighted by Crippen LogP contribution is -2.30. The summed E-state index contributed by atoms with van der Waals surface area (Å²) in [6.07, 6.45) is -0.234. The Labute approximate surface area is 94.8 Å². The summed E-state index contributed by atoms with van der Waals surface area (Å²) < 4.78 is 5.65. The number of ketones is 1. The highest BCUT2D eigenvalue weighted by Gasteiger charge is 2.43. The summed E-state index contributed by atoms with van der Waals surface area (Å²) in [6.45, 7) is 2.62. The van der Waals surface area contributed by atoms with Crippen LogP contribution in [0.1, 0.15) is 10.4 Å². The average Bonchev–Trinajstić information content (AvgIpc) is 2.91. The number of benzene rings is 1. The molecule has 2 saturated heterocycles. The summed E-state index contributed by atoms with van der Waals surface area (Å²) in [5.74, 6) is 1.03. The number of hydrogen-bond acceptors (Lipinski definition) is 3. The number of ether oxygens (including phenoxy) is 1.